The van der Waals surface area contributed by atoms with Gasteiger partial charge < -0.3 is 9.47 Å². The van der Waals surface area contributed by atoms with Crippen molar-refractivity contribution in [1.29, 1.82) is 0 Å². The average Bonchev–Trinajstić information content (AvgIpc) is 3.18. The Balaban J connectivity index is 1.88. The van der Waals surface area contributed by atoms with Gasteiger partial charge >= 0.3 is 0 Å². The Kier molecular flexibility index (Phi) is 2.77. The van der Waals surface area contributed by atoms with Crippen molar-refractivity contribution in [2.24, 2.45) is 0 Å². The standard InChI is InChI=1S/C13H17BrN2O/c1-2-15(10-3-4-10)13(17)12-7-9(14)8-16(12)11-5-6-11/h7-8,10-11H,2-6H2,1H3. The third-order valence-corrected chi connectivity index (χ3v) is 4.00. The summed E-state index contributed by atoms with van der Waals surface area (Å²) >= 11 is 3.48. The van der Waals surface area contributed by atoms with Crippen molar-refractivity contribution in [3.8, 4) is 0 Å². The molecule has 0 radical (unpaired) electrons. The zero-order chi connectivity index (χ0) is 12.0. The number of carbonyl (C=O) groups excluding carboxylic acids is 1. The highest BCUT2D eigenvalue weighted by Gasteiger charge is 2.35. The van der Waals surface area contributed by atoms with Crippen LogP contribution in [0.15, 0.2) is 16.7 Å². The Morgan fingerprint density at radius 2 is 2.18 bits per heavy atom. The van der Waals surface area contributed by atoms with Gasteiger partial charge in [0.2, 0.25) is 0 Å². The second kappa shape index (κ2) is 4.16. The molecule has 0 atom stereocenters. The second-order valence-corrected chi connectivity index (χ2v) is 5.92. The monoisotopic (exact) mass is 296 g/mol. The first-order valence-corrected chi connectivity index (χ1v) is 7.18. The van der Waals surface area contributed by atoms with Gasteiger partial charge in [-0.05, 0) is 54.6 Å². The van der Waals surface area contributed by atoms with Crippen LogP contribution in [0.1, 0.15) is 49.1 Å². The third kappa shape index (κ3) is 2.15. The van der Waals surface area contributed by atoms with E-state index >= 15 is 0 Å². The molecule has 0 unspecified atom stereocenters. The first-order valence-electron chi connectivity index (χ1n) is 6.39. The van der Waals surface area contributed by atoms with Gasteiger partial charge in [0.25, 0.3) is 5.91 Å². The van der Waals surface area contributed by atoms with E-state index in [0.29, 0.717) is 12.1 Å². The molecule has 2 aliphatic rings. The van der Waals surface area contributed by atoms with E-state index in [4.69, 9.17) is 0 Å². The van der Waals surface area contributed by atoms with Crippen LogP contribution in [0, 0.1) is 0 Å². The number of hydrogen-bond acceptors (Lipinski definition) is 1. The van der Waals surface area contributed by atoms with Gasteiger partial charge in [-0.1, -0.05) is 0 Å². The second-order valence-electron chi connectivity index (χ2n) is 5.00. The maximum Gasteiger partial charge on any atom is 0.270 e. The van der Waals surface area contributed by atoms with E-state index in [1.165, 1.54) is 25.7 Å². The van der Waals surface area contributed by atoms with Crippen molar-refractivity contribution in [2.45, 2.75) is 44.7 Å². The van der Waals surface area contributed by atoms with E-state index < -0.39 is 0 Å². The molecule has 1 heterocycles. The van der Waals surface area contributed by atoms with Gasteiger partial charge in [0, 0.05) is 29.3 Å². The molecule has 0 spiro atoms. The van der Waals surface area contributed by atoms with Crippen LogP contribution >= 0.6 is 15.9 Å². The Bertz CT molecular complexity index is 446. The molecular formula is C13H17BrN2O. The molecule has 3 rings (SSSR count). The van der Waals surface area contributed by atoms with Crippen molar-refractivity contribution in [3.63, 3.8) is 0 Å². The van der Waals surface area contributed by atoms with Crippen LogP contribution in [0.4, 0.5) is 0 Å². The lowest BCUT2D eigenvalue weighted by molar-refractivity contribution is 0.0741. The fourth-order valence-corrected chi connectivity index (χ4v) is 2.81. The first-order chi connectivity index (χ1) is 8.20. The summed E-state index contributed by atoms with van der Waals surface area (Å²) in [7, 11) is 0. The molecule has 2 fully saturated rings. The van der Waals surface area contributed by atoms with Gasteiger partial charge in [-0.15, -0.1) is 0 Å². The largest absolute Gasteiger partial charge is 0.339 e. The maximum absolute atomic E-state index is 12.5. The number of aromatic nitrogens is 1. The van der Waals surface area contributed by atoms with Gasteiger partial charge in [-0.3, -0.25) is 4.79 Å². The Hall–Kier alpha value is -0.770. The van der Waals surface area contributed by atoms with E-state index in [1.54, 1.807) is 0 Å². The maximum atomic E-state index is 12.5. The van der Waals surface area contributed by atoms with Crippen LogP contribution in [0.2, 0.25) is 0 Å². The minimum atomic E-state index is 0.201. The lowest BCUT2D eigenvalue weighted by Crippen LogP contribution is -2.34. The summed E-state index contributed by atoms with van der Waals surface area (Å²) in [5.74, 6) is 0.201. The van der Waals surface area contributed by atoms with Gasteiger partial charge in [-0.25, -0.2) is 0 Å². The molecule has 1 amide bonds. The number of carbonyl (C=O) groups is 1. The fraction of sp³-hybridized carbons (Fsp3) is 0.615. The normalized spacial score (nSPS) is 19.4. The molecule has 1 aromatic heterocycles. The van der Waals surface area contributed by atoms with E-state index in [0.717, 1.165) is 16.7 Å². The molecule has 2 aliphatic carbocycles. The van der Waals surface area contributed by atoms with Crippen LogP contribution in [0.5, 0.6) is 0 Å². The summed E-state index contributed by atoms with van der Waals surface area (Å²) in [5.41, 5.74) is 0.855. The highest BCUT2D eigenvalue weighted by atomic mass is 79.9. The minimum absolute atomic E-state index is 0.201. The quantitative estimate of drug-likeness (QED) is 0.837. The van der Waals surface area contributed by atoms with Crippen molar-refractivity contribution >= 4 is 21.8 Å². The van der Waals surface area contributed by atoms with Gasteiger partial charge in [-0.2, -0.15) is 0 Å². The van der Waals surface area contributed by atoms with Gasteiger partial charge in [0.05, 0.1) is 0 Å². The fourth-order valence-electron chi connectivity index (χ4n) is 2.37. The van der Waals surface area contributed by atoms with Crippen LogP contribution in [0.3, 0.4) is 0 Å². The lowest BCUT2D eigenvalue weighted by Gasteiger charge is -2.21. The first kappa shape index (κ1) is 11.3. The topological polar surface area (TPSA) is 25.2 Å². The molecule has 4 heteroatoms. The zero-order valence-corrected chi connectivity index (χ0v) is 11.6. The molecule has 2 saturated carbocycles. The highest BCUT2D eigenvalue weighted by molar-refractivity contribution is 9.10. The molecule has 0 bridgehead atoms. The lowest BCUT2D eigenvalue weighted by atomic mass is 10.3. The van der Waals surface area contributed by atoms with E-state index in [9.17, 15) is 4.79 Å². The van der Waals surface area contributed by atoms with Crippen LogP contribution in [-0.4, -0.2) is 28.0 Å². The molecule has 0 aliphatic heterocycles. The SMILES string of the molecule is CCN(C(=O)c1cc(Br)cn1C1CC1)C1CC1. The molecule has 0 saturated heterocycles. The number of hydrogen-bond donors (Lipinski definition) is 0. The summed E-state index contributed by atoms with van der Waals surface area (Å²) in [4.78, 5) is 14.5. The molecule has 92 valence electrons. The summed E-state index contributed by atoms with van der Waals surface area (Å²) in [6.45, 7) is 2.88. The molecule has 3 nitrogen and oxygen atoms in total. The number of rotatable bonds is 4. The predicted molar refractivity (Wildman–Crippen MR) is 70.1 cm³/mol. The number of halogens is 1. The van der Waals surface area contributed by atoms with Gasteiger partial charge in [0.1, 0.15) is 5.69 Å². The molecular weight excluding hydrogens is 280 g/mol. The summed E-state index contributed by atoms with van der Waals surface area (Å²) < 4.78 is 3.16. The smallest absolute Gasteiger partial charge is 0.270 e. The summed E-state index contributed by atoms with van der Waals surface area (Å²) in [6, 6.07) is 3.01. The van der Waals surface area contributed by atoms with E-state index in [1.807, 2.05) is 17.2 Å². The van der Waals surface area contributed by atoms with Crippen LogP contribution in [0.25, 0.3) is 0 Å². The highest BCUT2D eigenvalue weighted by Crippen LogP contribution is 2.38. The van der Waals surface area contributed by atoms with Crippen molar-refractivity contribution < 1.29 is 4.79 Å². The summed E-state index contributed by atoms with van der Waals surface area (Å²) in [6.07, 6.45) is 6.80. The molecule has 1 aromatic rings. The van der Waals surface area contributed by atoms with Crippen molar-refractivity contribution in [3.05, 3.63) is 22.4 Å². The average molecular weight is 297 g/mol. The van der Waals surface area contributed by atoms with Crippen molar-refractivity contribution in [2.75, 3.05) is 6.54 Å². The molecule has 0 N–H and O–H groups in total. The van der Waals surface area contributed by atoms with Crippen LogP contribution < -0.4 is 0 Å². The van der Waals surface area contributed by atoms with Crippen molar-refractivity contribution in [1.82, 2.24) is 9.47 Å². The van der Waals surface area contributed by atoms with Gasteiger partial charge in [0.15, 0.2) is 0 Å². The minimum Gasteiger partial charge on any atom is -0.339 e. The summed E-state index contributed by atoms with van der Waals surface area (Å²) in [5, 5.41) is 0. The Morgan fingerprint density at radius 1 is 1.47 bits per heavy atom. The van der Waals surface area contributed by atoms with Crippen LogP contribution in [-0.2, 0) is 0 Å². The Labute approximate surface area is 110 Å². The van der Waals surface area contributed by atoms with E-state index in [-0.39, 0.29) is 5.91 Å². The Morgan fingerprint density at radius 3 is 2.71 bits per heavy atom. The molecule has 0 aromatic carbocycles. The predicted octanol–water partition coefficient (Wildman–Crippen LogP) is 3.21. The van der Waals surface area contributed by atoms with E-state index in [2.05, 4.69) is 27.4 Å². The number of nitrogens with zero attached hydrogens (tertiary/aromatic N) is 2. The third-order valence-electron chi connectivity index (χ3n) is 3.56. The zero-order valence-electron chi connectivity index (χ0n) is 10.0. The molecule has 17 heavy (non-hydrogen) atoms. The number of amides is 1.